The highest BCUT2D eigenvalue weighted by molar-refractivity contribution is 5.81. The number of nitrogens with one attached hydrogen (secondary N) is 1. The third-order valence-electron chi connectivity index (χ3n) is 2.67. The molecule has 118 valence electrons. The maximum Gasteiger partial charge on any atom is 0.410 e. The Labute approximate surface area is 127 Å². The van der Waals surface area contributed by atoms with Crippen molar-refractivity contribution in [3.8, 4) is 11.9 Å². The van der Waals surface area contributed by atoms with E-state index in [1.807, 2.05) is 0 Å². The predicted molar refractivity (Wildman–Crippen MR) is 71.2 cm³/mol. The molecule has 0 atom stereocenters. The lowest BCUT2D eigenvalue weighted by Gasteiger charge is -2.09. The first-order valence-corrected chi connectivity index (χ1v) is 6.08. The molecular weight excluding hydrogens is 315 g/mol. The lowest BCUT2D eigenvalue weighted by Crippen LogP contribution is -2.12. The molecule has 0 aliphatic carbocycles. The van der Waals surface area contributed by atoms with E-state index < -0.39 is 41.8 Å². The highest BCUT2D eigenvalue weighted by atomic mass is 19.1. The number of halogens is 3. The Kier molecular flexibility index (Phi) is 4.66. The van der Waals surface area contributed by atoms with E-state index in [0.717, 1.165) is 6.07 Å². The standard InChI is InChI=1S/C14H8F3N3O3/c15-9-3-7(5-18)1-2-8(9)6-23-13-11(17)4-10(16)12(19-13)20-14(21)22/h1-4H,6H2,(H,19,20)(H,21,22). The molecule has 1 heterocycles. The molecule has 1 aromatic carbocycles. The first kappa shape index (κ1) is 16.1. The third kappa shape index (κ3) is 3.88. The summed E-state index contributed by atoms with van der Waals surface area (Å²) in [7, 11) is 0. The number of rotatable bonds is 4. The predicted octanol–water partition coefficient (Wildman–Crippen LogP) is 3.04. The molecule has 0 radical (unpaired) electrons. The summed E-state index contributed by atoms with van der Waals surface area (Å²) >= 11 is 0. The molecule has 0 aliphatic heterocycles. The van der Waals surface area contributed by atoms with Gasteiger partial charge in [-0.15, -0.1) is 0 Å². The Morgan fingerprint density at radius 3 is 2.61 bits per heavy atom. The number of aromatic nitrogens is 1. The molecule has 6 nitrogen and oxygen atoms in total. The molecule has 2 N–H and O–H groups in total. The second-order valence-electron chi connectivity index (χ2n) is 4.24. The summed E-state index contributed by atoms with van der Waals surface area (Å²) < 4.78 is 45.5. The molecule has 0 spiro atoms. The van der Waals surface area contributed by atoms with Crippen LogP contribution in [0.3, 0.4) is 0 Å². The SMILES string of the molecule is N#Cc1ccc(COc2nc(NC(=O)O)c(F)cc2F)c(F)c1. The van der Waals surface area contributed by atoms with Crippen LogP contribution >= 0.6 is 0 Å². The largest absolute Gasteiger partial charge is 0.471 e. The molecule has 23 heavy (non-hydrogen) atoms. The van der Waals surface area contributed by atoms with Gasteiger partial charge in [0, 0.05) is 11.6 Å². The van der Waals surface area contributed by atoms with Crippen LogP contribution in [0.15, 0.2) is 24.3 Å². The van der Waals surface area contributed by atoms with Gasteiger partial charge >= 0.3 is 6.09 Å². The average Bonchev–Trinajstić information content (AvgIpc) is 2.49. The van der Waals surface area contributed by atoms with Crippen LogP contribution in [-0.2, 0) is 6.61 Å². The number of nitrogens with zero attached hydrogens (tertiary/aromatic N) is 2. The number of carboxylic acid groups (broad SMARTS) is 1. The van der Waals surface area contributed by atoms with Gasteiger partial charge in [0.15, 0.2) is 17.5 Å². The molecule has 1 aromatic heterocycles. The lowest BCUT2D eigenvalue weighted by molar-refractivity contribution is 0.209. The third-order valence-corrected chi connectivity index (χ3v) is 2.67. The zero-order chi connectivity index (χ0) is 17.0. The molecule has 0 fully saturated rings. The van der Waals surface area contributed by atoms with Crippen LogP contribution in [0.25, 0.3) is 0 Å². The van der Waals surface area contributed by atoms with Crippen molar-refractivity contribution in [1.29, 1.82) is 5.26 Å². The molecule has 0 saturated heterocycles. The van der Waals surface area contributed by atoms with Crippen molar-refractivity contribution in [3.05, 3.63) is 52.8 Å². The van der Waals surface area contributed by atoms with Crippen LogP contribution in [0.2, 0.25) is 0 Å². The second kappa shape index (κ2) is 6.65. The average molecular weight is 323 g/mol. The number of anilines is 1. The number of amides is 1. The van der Waals surface area contributed by atoms with Gasteiger partial charge in [0.05, 0.1) is 11.6 Å². The van der Waals surface area contributed by atoms with E-state index in [9.17, 15) is 18.0 Å². The van der Waals surface area contributed by atoms with E-state index in [1.165, 1.54) is 12.1 Å². The number of benzene rings is 1. The summed E-state index contributed by atoms with van der Waals surface area (Å²) in [5, 5.41) is 18.8. The Morgan fingerprint density at radius 2 is 2.00 bits per heavy atom. The molecular formula is C14H8F3N3O3. The first-order valence-electron chi connectivity index (χ1n) is 6.08. The van der Waals surface area contributed by atoms with Gasteiger partial charge < -0.3 is 9.84 Å². The van der Waals surface area contributed by atoms with Crippen LogP contribution in [0.4, 0.5) is 23.8 Å². The minimum absolute atomic E-state index is 0.0160. The van der Waals surface area contributed by atoms with Crippen molar-refractivity contribution in [3.63, 3.8) is 0 Å². The van der Waals surface area contributed by atoms with Gasteiger partial charge in [-0.3, -0.25) is 5.32 Å². The minimum Gasteiger partial charge on any atom is -0.471 e. The summed E-state index contributed by atoms with van der Waals surface area (Å²) in [6.45, 7) is -0.445. The first-order chi connectivity index (χ1) is 10.9. The maximum atomic E-state index is 13.7. The Morgan fingerprint density at radius 1 is 1.26 bits per heavy atom. The smallest absolute Gasteiger partial charge is 0.410 e. The van der Waals surface area contributed by atoms with Crippen LogP contribution in [0, 0.1) is 28.8 Å². The molecule has 2 rings (SSSR count). The van der Waals surface area contributed by atoms with Gasteiger partial charge in [-0.05, 0) is 12.1 Å². The summed E-state index contributed by atoms with van der Waals surface area (Å²) in [6.07, 6.45) is -1.59. The van der Waals surface area contributed by atoms with Crippen molar-refractivity contribution in [1.82, 2.24) is 4.98 Å². The quantitative estimate of drug-likeness (QED) is 0.901. The molecule has 1 amide bonds. The summed E-state index contributed by atoms with van der Waals surface area (Å²) in [5.41, 5.74) is 0.118. The fourth-order valence-corrected chi connectivity index (χ4v) is 1.62. The molecule has 0 unspecified atom stereocenters. The van der Waals surface area contributed by atoms with E-state index >= 15 is 0 Å². The van der Waals surface area contributed by atoms with E-state index in [1.54, 1.807) is 11.4 Å². The topological polar surface area (TPSA) is 95.2 Å². The Balaban J connectivity index is 2.20. The van der Waals surface area contributed by atoms with Crippen molar-refractivity contribution < 1.29 is 27.8 Å². The zero-order valence-electron chi connectivity index (χ0n) is 11.3. The van der Waals surface area contributed by atoms with E-state index in [-0.39, 0.29) is 11.1 Å². The van der Waals surface area contributed by atoms with Crippen molar-refractivity contribution in [2.24, 2.45) is 0 Å². The normalized spacial score (nSPS) is 10.0. The number of pyridine rings is 1. The highest BCUT2D eigenvalue weighted by Gasteiger charge is 2.15. The van der Waals surface area contributed by atoms with Gasteiger partial charge in [0.2, 0.25) is 0 Å². The van der Waals surface area contributed by atoms with Crippen LogP contribution in [0.1, 0.15) is 11.1 Å². The fraction of sp³-hybridized carbons (Fsp3) is 0.0714. The van der Waals surface area contributed by atoms with Crippen LogP contribution in [-0.4, -0.2) is 16.2 Å². The van der Waals surface area contributed by atoms with Crippen molar-refractivity contribution >= 4 is 11.9 Å². The van der Waals surface area contributed by atoms with Crippen molar-refractivity contribution in [2.45, 2.75) is 6.61 Å². The molecule has 0 saturated carbocycles. The van der Waals surface area contributed by atoms with Gasteiger partial charge in [0.25, 0.3) is 5.88 Å². The van der Waals surface area contributed by atoms with Crippen LogP contribution < -0.4 is 10.1 Å². The van der Waals surface area contributed by atoms with Gasteiger partial charge in [-0.1, -0.05) is 6.07 Å². The monoisotopic (exact) mass is 323 g/mol. The van der Waals surface area contributed by atoms with Crippen LogP contribution in [0.5, 0.6) is 5.88 Å². The maximum absolute atomic E-state index is 13.7. The van der Waals surface area contributed by atoms with Gasteiger partial charge in [-0.25, -0.2) is 18.0 Å². The van der Waals surface area contributed by atoms with E-state index in [2.05, 4.69) is 4.98 Å². The van der Waals surface area contributed by atoms with Gasteiger partial charge in [-0.2, -0.15) is 10.2 Å². The number of hydrogen-bond acceptors (Lipinski definition) is 4. The number of hydrogen-bond donors (Lipinski definition) is 2. The Hall–Kier alpha value is -3.28. The number of nitriles is 1. The molecule has 0 aliphatic rings. The number of ether oxygens (including phenoxy) is 1. The fourth-order valence-electron chi connectivity index (χ4n) is 1.62. The summed E-state index contributed by atoms with van der Waals surface area (Å²) in [6, 6.07) is 5.73. The molecule has 9 heteroatoms. The second-order valence-corrected chi connectivity index (χ2v) is 4.24. The van der Waals surface area contributed by atoms with E-state index in [0.29, 0.717) is 6.07 Å². The summed E-state index contributed by atoms with van der Waals surface area (Å²) in [5.74, 6) is -4.57. The van der Waals surface area contributed by atoms with Crippen molar-refractivity contribution in [2.75, 3.05) is 5.32 Å². The molecule has 0 bridgehead atoms. The summed E-state index contributed by atoms with van der Waals surface area (Å²) in [4.78, 5) is 13.8. The zero-order valence-corrected chi connectivity index (χ0v) is 11.3. The van der Waals surface area contributed by atoms with Gasteiger partial charge in [0.1, 0.15) is 12.4 Å². The highest BCUT2D eigenvalue weighted by Crippen LogP contribution is 2.22. The minimum atomic E-state index is -1.59. The Bertz CT molecular complexity index is 806. The number of carbonyl (C=O) groups is 1. The lowest BCUT2D eigenvalue weighted by atomic mass is 10.1. The molecule has 2 aromatic rings. The van der Waals surface area contributed by atoms with E-state index in [4.69, 9.17) is 15.1 Å².